The first-order valence-corrected chi connectivity index (χ1v) is 6.64. The van der Waals surface area contributed by atoms with Crippen LogP contribution in [0.3, 0.4) is 0 Å². The molecule has 0 atom stereocenters. The molecule has 0 heterocycles. The lowest BCUT2D eigenvalue weighted by molar-refractivity contribution is 0.102. The largest absolute Gasteiger partial charge is 0.508 e. The molecule has 0 saturated heterocycles. The fourth-order valence-corrected chi connectivity index (χ4v) is 2.08. The standard InChI is InChI=1S/C15H14BrNO2/c1-9-3-5-12(16)8-13(9)17-15(19)11-4-6-14(18)10(2)7-11/h3-8,18H,1-2H3,(H,17,19). The molecule has 4 heteroatoms. The van der Waals surface area contributed by atoms with Crippen LogP contribution in [0.4, 0.5) is 5.69 Å². The van der Waals surface area contributed by atoms with E-state index in [0.717, 1.165) is 15.7 Å². The second-order valence-electron chi connectivity index (χ2n) is 4.41. The van der Waals surface area contributed by atoms with Crippen LogP contribution in [-0.2, 0) is 0 Å². The zero-order valence-electron chi connectivity index (χ0n) is 10.7. The van der Waals surface area contributed by atoms with Crippen molar-refractivity contribution in [3.8, 4) is 5.75 Å². The van der Waals surface area contributed by atoms with E-state index in [4.69, 9.17) is 0 Å². The van der Waals surface area contributed by atoms with E-state index in [2.05, 4.69) is 21.2 Å². The first-order valence-electron chi connectivity index (χ1n) is 5.84. The summed E-state index contributed by atoms with van der Waals surface area (Å²) in [4.78, 5) is 12.1. The number of carbonyl (C=O) groups is 1. The van der Waals surface area contributed by atoms with Gasteiger partial charge in [0.1, 0.15) is 5.75 Å². The van der Waals surface area contributed by atoms with Gasteiger partial charge in [0.05, 0.1) is 0 Å². The number of amides is 1. The van der Waals surface area contributed by atoms with E-state index in [-0.39, 0.29) is 11.7 Å². The molecule has 2 aromatic rings. The molecule has 0 bridgehead atoms. The van der Waals surface area contributed by atoms with Crippen LogP contribution < -0.4 is 5.32 Å². The maximum Gasteiger partial charge on any atom is 0.255 e. The maximum absolute atomic E-state index is 12.1. The number of phenolic OH excluding ortho intramolecular Hbond substituents is 1. The molecular formula is C15H14BrNO2. The van der Waals surface area contributed by atoms with Crippen molar-refractivity contribution in [2.45, 2.75) is 13.8 Å². The Morgan fingerprint density at radius 3 is 2.53 bits per heavy atom. The van der Waals surface area contributed by atoms with Crippen molar-refractivity contribution in [3.05, 3.63) is 57.6 Å². The van der Waals surface area contributed by atoms with Gasteiger partial charge in [-0.05, 0) is 55.3 Å². The van der Waals surface area contributed by atoms with Crippen LogP contribution in [-0.4, -0.2) is 11.0 Å². The topological polar surface area (TPSA) is 49.3 Å². The van der Waals surface area contributed by atoms with E-state index >= 15 is 0 Å². The first-order chi connectivity index (χ1) is 8.97. The third kappa shape index (κ3) is 3.15. The summed E-state index contributed by atoms with van der Waals surface area (Å²) in [5.74, 6) is -0.000476. The number of phenols is 1. The summed E-state index contributed by atoms with van der Waals surface area (Å²) in [6, 6.07) is 10.5. The van der Waals surface area contributed by atoms with Crippen molar-refractivity contribution >= 4 is 27.5 Å². The van der Waals surface area contributed by atoms with E-state index < -0.39 is 0 Å². The minimum Gasteiger partial charge on any atom is -0.508 e. The summed E-state index contributed by atoms with van der Waals surface area (Å²) in [6.07, 6.45) is 0. The highest BCUT2D eigenvalue weighted by molar-refractivity contribution is 9.10. The molecule has 0 saturated carbocycles. The summed E-state index contributed by atoms with van der Waals surface area (Å²) < 4.78 is 0.912. The van der Waals surface area contributed by atoms with Gasteiger partial charge < -0.3 is 10.4 Å². The van der Waals surface area contributed by atoms with E-state index in [1.165, 1.54) is 6.07 Å². The minimum atomic E-state index is -0.190. The first kappa shape index (κ1) is 13.6. The molecule has 2 rings (SSSR count). The molecule has 0 radical (unpaired) electrons. The van der Waals surface area contributed by atoms with Crippen molar-refractivity contribution in [2.24, 2.45) is 0 Å². The minimum absolute atomic E-state index is 0.190. The van der Waals surface area contributed by atoms with E-state index in [0.29, 0.717) is 11.1 Å². The van der Waals surface area contributed by atoms with Gasteiger partial charge in [-0.2, -0.15) is 0 Å². The van der Waals surface area contributed by atoms with Crippen molar-refractivity contribution in [1.29, 1.82) is 0 Å². The number of halogens is 1. The summed E-state index contributed by atoms with van der Waals surface area (Å²) in [5, 5.41) is 12.3. The van der Waals surface area contributed by atoms with Crippen LogP contribution >= 0.6 is 15.9 Å². The zero-order valence-corrected chi connectivity index (χ0v) is 12.3. The van der Waals surface area contributed by atoms with Gasteiger partial charge in [0, 0.05) is 15.7 Å². The number of benzene rings is 2. The molecule has 1 amide bonds. The number of anilines is 1. The van der Waals surface area contributed by atoms with Crippen molar-refractivity contribution in [3.63, 3.8) is 0 Å². The molecule has 19 heavy (non-hydrogen) atoms. The smallest absolute Gasteiger partial charge is 0.255 e. The molecule has 0 aromatic heterocycles. The molecule has 0 unspecified atom stereocenters. The molecule has 0 aliphatic carbocycles. The lowest BCUT2D eigenvalue weighted by Crippen LogP contribution is -2.12. The summed E-state index contributed by atoms with van der Waals surface area (Å²) in [6.45, 7) is 3.70. The maximum atomic E-state index is 12.1. The van der Waals surface area contributed by atoms with Crippen LogP contribution in [0.2, 0.25) is 0 Å². The molecule has 0 aliphatic rings. The Bertz CT molecular complexity index is 638. The van der Waals surface area contributed by atoms with Crippen LogP contribution in [0.25, 0.3) is 0 Å². The van der Waals surface area contributed by atoms with Crippen molar-refractivity contribution in [2.75, 3.05) is 5.32 Å². The number of aromatic hydroxyl groups is 1. The Labute approximate surface area is 120 Å². The van der Waals surface area contributed by atoms with Gasteiger partial charge in [0.25, 0.3) is 5.91 Å². The average molecular weight is 320 g/mol. The number of hydrogen-bond acceptors (Lipinski definition) is 2. The van der Waals surface area contributed by atoms with Crippen molar-refractivity contribution in [1.82, 2.24) is 0 Å². The second-order valence-corrected chi connectivity index (χ2v) is 5.33. The Morgan fingerprint density at radius 2 is 1.84 bits per heavy atom. The zero-order chi connectivity index (χ0) is 14.0. The fraction of sp³-hybridized carbons (Fsp3) is 0.133. The molecular weight excluding hydrogens is 306 g/mol. The number of nitrogens with one attached hydrogen (secondary N) is 1. The Morgan fingerprint density at radius 1 is 1.11 bits per heavy atom. The highest BCUT2D eigenvalue weighted by Crippen LogP contribution is 2.22. The molecule has 3 nitrogen and oxygen atoms in total. The number of carbonyl (C=O) groups excluding carboxylic acids is 1. The van der Waals surface area contributed by atoms with Crippen LogP contribution in [0.15, 0.2) is 40.9 Å². The van der Waals surface area contributed by atoms with Gasteiger partial charge in [0.15, 0.2) is 0 Å². The van der Waals surface area contributed by atoms with Gasteiger partial charge in [-0.3, -0.25) is 4.79 Å². The van der Waals surface area contributed by atoms with Gasteiger partial charge in [-0.1, -0.05) is 22.0 Å². The molecule has 0 aliphatic heterocycles. The second kappa shape index (κ2) is 5.45. The molecule has 2 N–H and O–H groups in total. The monoisotopic (exact) mass is 319 g/mol. The Hall–Kier alpha value is -1.81. The SMILES string of the molecule is Cc1cc(C(=O)Nc2cc(Br)ccc2C)ccc1O. The number of rotatable bonds is 2. The lowest BCUT2D eigenvalue weighted by atomic mass is 10.1. The van der Waals surface area contributed by atoms with Crippen LogP contribution in [0.5, 0.6) is 5.75 Å². The third-order valence-electron chi connectivity index (χ3n) is 2.91. The predicted octanol–water partition coefficient (Wildman–Crippen LogP) is 4.02. The Kier molecular flexibility index (Phi) is 3.90. The van der Waals surface area contributed by atoms with Gasteiger partial charge in [-0.25, -0.2) is 0 Å². The highest BCUT2D eigenvalue weighted by Gasteiger charge is 2.09. The van der Waals surface area contributed by atoms with Crippen LogP contribution in [0.1, 0.15) is 21.5 Å². The fourth-order valence-electron chi connectivity index (χ4n) is 1.72. The summed E-state index contributed by atoms with van der Waals surface area (Å²) >= 11 is 3.38. The summed E-state index contributed by atoms with van der Waals surface area (Å²) in [7, 11) is 0. The summed E-state index contributed by atoms with van der Waals surface area (Å²) in [5.41, 5.74) is 2.96. The van der Waals surface area contributed by atoms with E-state index in [9.17, 15) is 9.90 Å². The molecule has 98 valence electrons. The number of hydrogen-bond donors (Lipinski definition) is 2. The Balaban J connectivity index is 2.25. The quantitative estimate of drug-likeness (QED) is 0.878. The van der Waals surface area contributed by atoms with E-state index in [1.807, 2.05) is 25.1 Å². The predicted molar refractivity (Wildman–Crippen MR) is 79.7 cm³/mol. The lowest BCUT2D eigenvalue weighted by Gasteiger charge is -2.09. The highest BCUT2D eigenvalue weighted by atomic mass is 79.9. The third-order valence-corrected chi connectivity index (χ3v) is 3.40. The van der Waals surface area contributed by atoms with Crippen molar-refractivity contribution < 1.29 is 9.90 Å². The van der Waals surface area contributed by atoms with Gasteiger partial charge in [-0.15, -0.1) is 0 Å². The molecule has 2 aromatic carbocycles. The van der Waals surface area contributed by atoms with Gasteiger partial charge >= 0.3 is 0 Å². The van der Waals surface area contributed by atoms with E-state index in [1.54, 1.807) is 19.1 Å². The normalized spacial score (nSPS) is 10.3. The average Bonchev–Trinajstić information content (AvgIpc) is 2.37. The van der Waals surface area contributed by atoms with Crippen LogP contribution in [0, 0.1) is 13.8 Å². The molecule has 0 fully saturated rings. The molecule has 0 spiro atoms. The van der Waals surface area contributed by atoms with Gasteiger partial charge in [0.2, 0.25) is 0 Å². The number of aryl methyl sites for hydroxylation is 2.